The first-order chi connectivity index (χ1) is 16.0. The standard InChI is InChI=1S/C27H39N3O3/c1-4-6-7-8-9-18-29-27(33)30(3)23-12-10-11-22(20-23)24-15-13-21(14-16-26(31)32)19-25(24)28-17-5-2/h10-13,15,19-20,28H,4-9,14,16-18H2,1-3H3,(H,29,33)(H,31,32). The van der Waals surface area contributed by atoms with Gasteiger partial charge in [0.25, 0.3) is 0 Å². The first-order valence-corrected chi connectivity index (χ1v) is 12.2. The quantitative estimate of drug-likeness (QED) is 0.293. The molecule has 0 bridgehead atoms. The van der Waals surface area contributed by atoms with Crippen molar-refractivity contribution in [3.63, 3.8) is 0 Å². The molecule has 2 amide bonds. The number of nitrogens with one attached hydrogen (secondary N) is 2. The van der Waals surface area contributed by atoms with Gasteiger partial charge in [0.05, 0.1) is 0 Å². The van der Waals surface area contributed by atoms with Crippen LogP contribution in [-0.4, -0.2) is 37.2 Å². The molecule has 0 radical (unpaired) electrons. The Labute approximate surface area is 198 Å². The lowest BCUT2D eigenvalue weighted by Gasteiger charge is -2.20. The van der Waals surface area contributed by atoms with Crippen molar-refractivity contribution in [2.45, 2.75) is 65.2 Å². The number of carbonyl (C=O) groups excluding carboxylic acids is 1. The summed E-state index contributed by atoms with van der Waals surface area (Å²) >= 11 is 0. The Balaban J connectivity index is 2.12. The molecule has 0 heterocycles. The third kappa shape index (κ3) is 8.79. The van der Waals surface area contributed by atoms with Crippen molar-refractivity contribution in [2.24, 2.45) is 0 Å². The monoisotopic (exact) mass is 453 g/mol. The molecule has 0 aliphatic rings. The zero-order chi connectivity index (χ0) is 24.1. The van der Waals surface area contributed by atoms with E-state index in [2.05, 4.69) is 24.5 Å². The van der Waals surface area contributed by atoms with Crippen molar-refractivity contribution in [1.29, 1.82) is 0 Å². The lowest BCUT2D eigenvalue weighted by molar-refractivity contribution is -0.136. The maximum atomic E-state index is 12.6. The van der Waals surface area contributed by atoms with Crippen molar-refractivity contribution in [3.8, 4) is 11.1 Å². The van der Waals surface area contributed by atoms with Gasteiger partial charge in [0.1, 0.15) is 0 Å². The van der Waals surface area contributed by atoms with Crippen molar-refractivity contribution < 1.29 is 14.7 Å². The first kappa shape index (κ1) is 26.2. The minimum absolute atomic E-state index is 0.101. The number of rotatable bonds is 14. The highest BCUT2D eigenvalue weighted by molar-refractivity contribution is 5.92. The van der Waals surface area contributed by atoms with E-state index in [1.54, 1.807) is 11.9 Å². The lowest BCUT2D eigenvalue weighted by atomic mass is 9.99. The van der Waals surface area contributed by atoms with Gasteiger partial charge in [-0.1, -0.05) is 63.8 Å². The Kier molecular flexibility index (Phi) is 11.3. The van der Waals surface area contributed by atoms with Gasteiger partial charge >= 0.3 is 12.0 Å². The second-order valence-corrected chi connectivity index (χ2v) is 8.46. The second kappa shape index (κ2) is 14.2. The predicted molar refractivity (Wildman–Crippen MR) is 137 cm³/mol. The van der Waals surface area contributed by atoms with Gasteiger partial charge in [-0.2, -0.15) is 0 Å². The molecule has 0 unspecified atom stereocenters. The van der Waals surface area contributed by atoms with Crippen LogP contribution in [0.3, 0.4) is 0 Å². The van der Waals surface area contributed by atoms with E-state index >= 15 is 0 Å². The molecule has 2 aromatic rings. The number of aryl methyl sites for hydroxylation is 1. The van der Waals surface area contributed by atoms with E-state index in [1.165, 1.54) is 19.3 Å². The first-order valence-electron chi connectivity index (χ1n) is 12.2. The maximum Gasteiger partial charge on any atom is 0.321 e. The number of hydrogen-bond donors (Lipinski definition) is 3. The van der Waals surface area contributed by atoms with Gasteiger partial charge in [0.15, 0.2) is 0 Å². The fraction of sp³-hybridized carbons (Fsp3) is 0.481. The second-order valence-electron chi connectivity index (χ2n) is 8.46. The van der Waals surface area contributed by atoms with Crippen LogP contribution in [0.4, 0.5) is 16.2 Å². The van der Waals surface area contributed by atoms with Crippen molar-refractivity contribution >= 4 is 23.4 Å². The highest BCUT2D eigenvalue weighted by atomic mass is 16.4. The van der Waals surface area contributed by atoms with Gasteiger partial charge in [0.2, 0.25) is 0 Å². The third-order valence-electron chi connectivity index (χ3n) is 5.68. The molecule has 3 N–H and O–H groups in total. The van der Waals surface area contributed by atoms with Crippen molar-refractivity contribution in [3.05, 3.63) is 48.0 Å². The fourth-order valence-corrected chi connectivity index (χ4v) is 3.70. The number of aliphatic carboxylic acids is 1. The molecule has 33 heavy (non-hydrogen) atoms. The van der Waals surface area contributed by atoms with Gasteiger partial charge in [-0.15, -0.1) is 0 Å². The van der Waals surface area contributed by atoms with Crippen LogP contribution in [-0.2, 0) is 11.2 Å². The Morgan fingerprint density at radius 2 is 1.73 bits per heavy atom. The number of anilines is 2. The number of amides is 2. The van der Waals surface area contributed by atoms with Gasteiger partial charge in [0, 0.05) is 43.5 Å². The van der Waals surface area contributed by atoms with Crippen molar-refractivity contribution in [1.82, 2.24) is 5.32 Å². The molecular weight excluding hydrogens is 414 g/mol. The van der Waals surface area contributed by atoms with Crippen LogP contribution in [0.25, 0.3) is 11.1 Å². The average molecular weight is 454 g/mol. The largest absolute Gasteiger partial charge is 0.481 e. The molecule has 0 atom stereocenters. The molecule has 2 aromatic carbocycles. The minimum atomic E-state index is -0.794. The number of hydrogen-bond acceptors (Lipinski definition) is 3. The number of nitrogens with zero attached hydrogens (tertiary/aromatic N) is 1. The zero-order valence-electron chi connectivity index (χ0n) is 20.3. The molecule has 0 aromatic heterocycles. The van der Waals surface area contributed by atoms with E-state index in [4.69, 9.17) is 5.11 Å². The summed E-state index contributed by atoms with van der Waals surface area (Å²) in [6.07, 6.45) is 7.42. The van der Waals surface area contributed by atoms with Crippen LogP contribution in [0.5, 0.6) is 0 Å². The molecule has 0 saturated heterocycles. The molecule has 0 aliphatic heterocycles. The minimum Gasteiger partial charge on any atom is -0.481 e. The Morgan fingerprint density at radius 1 is 0.939 bits per heavy atom. The Bertz CT molecular complexity index is 898. The highest BCUT2D eigenvalue weighted by Gasteiger charge is 2.13. The van der Waals surface area contributed by atoms with E-state index in [0.717, 1.165) is 53.9 Å². The maximum absolute atomic E-state index is 12.6. The number of benzene rings is 2. The van der Waals surface area contributed by atoms with E-state index in [0.29, 0.717) is 13.0 Å². The molecule has 0 spiro atoms. The van der Waals surface area contributed by atoms with E-state index in [-0.39, 0.29) is 12.5 Å². The zero-order valence-corrected chi connectivity index (χ0v) is 20.3. The van der Waals surface area contributed by atoms with Gasteiger partial charge in [-0.05, 0) is 48.6 Å². The predicted octanol–water partition coefficient (Wildman–Crippen LogP) is 6.31. The average Bonchev–Trinajstić information content (AvgIpc) is 2.83. The molecule has 0 aliphatic carbocycles. The fourth-order valence-electron chi connectivity index (χ4n) is 3.70. The van der Waals surface area contributed by atoms with E-state index in [1.807, 2.05) is 42.5 Å². The van der Waals surface area contributed by atoms with Crippen LogP contribution in [0, 0.1) is 0 Å². The number of carboxylic acid groups (broad SMARTS) is 1. The number of urea groups is 1. The summed E-state index contributed by atoms with van der Waals surface area (Å²) in [4.78, 5) is 25.2. The molecule has 180 valence electrons. The number of unbranched alkanes of at least 4 members (excludes halogenated alkanes) is 4. The SMILES string of the molecule is CCCCCCCNC(=O)N(C)c1cccc(-c2ccc(CCC(=O)O)cc2NCCC)c1. The molecule has 0 saturated carbocycles. The summed E-state index contributed by atoms with van der Waals surface area (Å²) in [5.74, 6) is -0.794. The summed E-state index contributed by atoms with van der Waals surface area (Å²) in [7, 11) is 1.79. The van der Waals surface area contributed by atoms with Crippen LogP contribution in [0.2, 0.25) is 0 Å². The van der Waals surface area contributed by atoms with Crippen LogP contribution >= 0.6 is 0 Å². The van der Waals surface area contributed by atoms with E-state index in [9.17, 15) is 9.59 Å². The summed E-state index contributed by atoms with van der Waals surface area (Å²) in [6.45, 7) is 5.82. The van der Waals surface area contributed by atoms with Gasteiger partial charge < -0.3 is 15.7 Å². The summed E-state index contributed by atoms with van der Waals surface area (Å²) in [6, 6.07) is 13.9. The van der Waals surface area contributed by atoms with E-state index < -0.39 is 5.97 Å². The summed E-state index contributed by atoms with van der Waals surface area (Å²) < 4.78 is 0. The number of carboxylic acids is 1. The summed E-state index contributed by atoms with van der Waals surface area (Å²) in [5, 5.41) is 15.5. The molecule has 2 rings (SSSR count). The molecule has 6 nitrogen and oxygen atoms in total. The highest BCUT2D eigenvalue weighted by Crippen LogP contribution is 2.32. The summed E-state index contributed by atoms with van der Waals surface area (Å²) in [5.41, 5.74) is 4.85. The number of carbonyl (C=O) groups is 2. The smallest absolute Gasteiger partial charge is 0.321 e. The van der Waals surface area contributed by atoms with Crippen LogP contribution < -0.4 is 15.5 Å². The van der Waals surface area contributed by atoms with Crippen molar-refractivity contribution in [2.75, 3.05) is 30.4 Å². The van der Waals surface area contributed by atoms with Crippen LogP contribution in [0.15, 0.2) is 42.5 Å². The third-order valence-corrected chi connectivity index (χ3v) is 5.68. The molecule has 6 heteroatoms. The Morgan fingerprint density at radius 3 is 2.45 bits per heavy atom. The topological polar surface area (TPSA) is 81.7 Å². The normalized spacial score (nSPS) is 10.6. The van der Waals surface area contributed by atoms with Gasteiger partial charge in [-0.25, -0.2) is 4.79 Å². The molecular formula is C27H39N3O3. The van der Waals surface area contributed by atoms with Crippen LogP contribution in [0.1, 0.15) is 64.4 Å². The Hall–Kier alpha value is -3.02. The lowest BCUT2D eigenvalue weighted by Crippen LogP contribution is -2.37. The molecule has 0 fully saturated rings. The van der Waals surface area contributed by atoms with Gasteiger partial charge in [-0.3, -0.25) is 9.69 Å².